The molecule has 16 aromatic rings. The largest absolute Gasteiger partial charge is 0.356 e. The summed E-state index contributed by atoms with van der Waals surface area (Å²) in [4.78, 5) is 11.5. The molecule has 0 aromatic heterocycles. The van der Waals surface area contributed by atoms with Gasteiger partial charge < -0.3 is 29.8 Å². The third-order valence-corrected chi connectivity index (χ3v) is 19.3. The van der Waals surface area contributed by atoms with Crippen molar-refractivity contribution in [3.05, 3.63) is 450 Å². The van der Waals surface area contributed by atoms with E-state index in [4.69, 9.17) is 0 Å². The Morgan fingerprint density at radius 2 is 0.364 bits per heavy atom. The highest BCUT2D eigenvalue weighted by Gasteiger charge is 2.20. The molecule has 0 saturated carbocycles. The van der Waals surface area contributed by atoms with Crippen LogP contribution < -0.4 is 29.8 Å². The molecule has 0 aliphatic heterocycles. The van der Waals surface area contributed by atoms with E-state index in [-0.39, 0.29) is 0 Å². The molecule has 16 rings (SSSR count). The molecule has 0 fully saturated rings. The number of rotatable bonds is 19. The summed E-state index contributed by atoms with van der Waals surface area (Å²) in [5.74, 6) is 0. The second-order valence-electron chi connectivity index (χ2n) is 26.4. The summed E-state index contributed by atoms with van der Waals surface area (Å²) in [6.07, 6.45) is 0. The number of aryl methyl sites for hydroxylation is 4. The van der Waals surface area contributed by atoms with Crippen LogP contribution in [0.3, 0.4) is 0 Å². The average Bonchev–Trinajstić information content (AvgIpc) is 0.790. The fourth-order valence-corrected chi connectivity index (χ4v) is 13.7. The van der Waals surface area contributed by atoms with Crippen LogP contribution in [0.1, 0.15) is 22.3 Å². The fraction of sp³-hybridized carbons (Fsp3) is 0.0400. The van der Waals surface area contributed by atoms with E-state index >= 15 is 0 Å². The zero-order valence-electron chi connectivity index (χ0n) is 60.5. The van der Waals surface area contributed by atoms with Gasteiger partial charge in [0.15, 0.2) is 0 Å². The molecular formula is C100H83IN6. The second-order valence-corrected chi connectivity index (χ2v) is 27.7. The van der Waals surface area contributed by atoms with E-state index in [1.54, 1.807) is 0 Å². The van der Waals surface area contributed by atoms with Crippen molar-refractivity contribution < 1.29 is 0 Å². The Morgan fingerprint density at radius 3 is 0.636 bits per heavy atom. The monoisotopic (exact) mass is 1490 g/mol. The van der Waals surface area contributed by atoms with E-state index in [2.05, 4.69) is 480 Å². The Morgan fingerprint density at radius 1 is 0.168 bits per heavy atom. The number of benzene rings is 16. The SMILES string of the molecule is Cc1ccc(-c2ccc(I)cc2)cc1.Cc1cccc(N(c2ccccc2)c2ccc(N(c3ccccc3)c3ccc(-c4ccc(N(c5ccccc5)c5ccc(N(c6ccccc6)c6cccc(C)c6)cc5)cc4)cc3)cc2)c1.Cc1cccc(N(c2ccccc2)c2ccc(Nc3ccccc3)cc2)c1. The van der Waals surface area contributed by atoms with E-state index in [9.17, 15) is 0 Å². The van der Waals surface area contributed by atoms with Crippen molar-refractivity contribution >= 4 is 119 Å². The van der Waals surface area contributed by atoms with Gasteiger partial charge in [-0.1, -0.05) is 212 Å². The standard InChI is InChI=1S/C62H50N4.C25H22N2.C13H11I/c1-47-17-15-27-61(45-47)65(53-23-11-5-12-24-53)59-41-37-57(38-42-59)63(51-19-7-3-8-20-51)55-33-29-49(30-34-55)50-31-35-56(36-32-50)64(52-21-9-4-10-22-52)58-39-43-60(44-40-58)66(54-25-13-6-14-26-54)62-28-16-18-48(2)46-62;1-20-9-8-14-25(19-20)27(23-12-6-3-7-13-23)24-17-15-22(16-18-24)26-21-10-4-2-5-11-21;1-10-2-4-11(5-3-10)12-6-8-13(14)9-7-12/h3-46H,1-2H3;2-19,26H,1H3;2-9H,1H3. The van der Waals surface area contributed by atoms with Crippen LogP contribution in [0.15, 0.2) is 425 Å². The fourth-order valence-electron chi connectivity index (χ4n) is 13.3. The maximum atomic E-state index is 3.44. The van der Waals surface area contributed by atoms with Gasteiger partial charge in [0.1, 0.15) is 0 Å². The van der Waals surface area contributed by atoms with Crippen LogP contribution in [0.25, 0.3) is 22.3 Å². The minimum absolute atomic E-state index is 1.07. The lowest BCUT2D eigenvalue weighted by Crippen LogP contribution is -2.12. The minimum atomic E-state index is 1.07. The van der Waals surface area contributed by atoms with Gasteiger partial charge in [-0.2, -0.15) is 0 Å². The number of hydrogen-bond acceptors (Lipinski definition) is 6. The van der Waals surface area contributed by atoms with Gasteiger partial charge in [-0.3, -0.25) is 0 Å². The van der Waals surface area contributed by atoms with Crippen LogP contribution in [-0.2, 0) is 0 Å². The summed E-state index contributed by atoms with van der Waals surface area (Å²) < 4.78 is 1.28. The molecule has 0 spiro atoms. The van der Waals surface area contributed by atoms with Crippen LogP contribution >= 0.6 is 22.6 Å². The molecular weight excluding hydrogens is 1410 g/mol. The molecule has 0 bridgehead atoms. The third kappa shape index (κ3) is 18.0. The Labute approximate surface area is 644 Å². The molecule has 16 aromatic carbocycles. The number of halogens is 1. The molecule has 0 heterocycles. The van der Waals surface area contributed by atoms with Crippen LogP contribution in [0.2, 0.25) is 0 Å². The molecule has 6 nitrogen and oxygen atoms in total. The van der Waals surface area contributed by atoms with Crippen molar-refractivity contribution in [2.24, 2.45) is 0 Å². The summed E-state index contributed by atoms with van der Waals surface area (Å²) >= 11 is 2.32. The molecule has 0 aliphatic carbocycles. The van der Waals surface area contributed by atoms with Crippen molar-refractivity contribution in [1.29, 1.82) is 0 Å². The van der Waals surface area contributed by atoms with Gasteiger partial charge in [-0.15, -0.1) is 0 Å². The van der Waals surface area contributed by atoms with E-state index in [0.29, 0.717) is 0 Å². The van der Waals surface area contributed by atoms with Crippen molar-refractivity contribution in [1.82, 2.24) is 0 Å². The number of hydrogen-bond donors (Lipinski definition) is 1. The summed E-state index contributed by atoms with van der Waals surface area (Å²) in [5, 5.41) is 3.44. The van der Waals surface area contributed by atoms with E-state index in [1.807, 2.05) is 24.3 Å². The maximum Gasteiger partial charge on any atom is 0.0464 e. The molecule has 0 unspecified atom stereocenters. The first-order valence-electron chi connectivity index (χ1n) is 36.2. The van der Waals surface area contributed by atoms with Gasteiger partial charge >= 0.3 is 0 Å². The number of para-hydroxylation sites is 6. The van der Waals surface area contributed by atoms with Crippen molar-refractivity contribution in [3.8, 4) is 22.3 Å². The van der Waals surface area contributed by atoms with Crippen molar-refractivity contribution in [2.45, 2.75) is 27.7 Å². The summed E-state index contributed by atoms with van der Waals surface area (Å²) in [6.45, 7) is 8.51. The first-order chi connectivity index (χ1) is 52.6. The van der Waals surface area contributed by atoms with Crippen molar-refractivity contribution in [2.75, 3.05) is 29.8 Å². The van der Waals surface area contributed by atoms with Gasteiger partial charge in [0, 0.05) is 100 Å². The molecule has 7 heteroatoms. The number of nitrogens with one attached hydrogen (secondary N) is 1. The minimum Gasteiger partial charge on any atom is -0.356 e. The summed E-state index contributed by atoms with van der Waals surface area (Å²) in [6, 6.07) is 150. The molecule has 1 N–H and O–H groups in total. The van der Waals surface area contributed by atoms with E-state index in [1.165, 1.54) is 37.0 Å². The smallest absolute Gasteiger partial charge is 0.0464 e. The lowest BCUT2D eigenvalue weighted by atomic mass is 10.0. The van der Waals surface area contributed by atoms with Crippen LogP contribution in [0, 0.1) is 31.3 Å². The van der Waals surface area contributed by atoms with E-state index in [0.717, 1.165) is 108 Å². The molecule has 0 atom stereocenters. The average molecular weight is 1500 g/mol. The summed E-state index contributed by atoms with van der Waals surface area (Å²) in [7, 11) is 0. The highest BCUT2D eigenvalue weighted by Crippen LogP contribution is 2.43. The second kappa shape index (κ2) is 34.6. The quantitative estimate of drug-likeness (QED) is 0.0812. The first kappa shape index (κ1) is 71.1. The summed E-state index contributed by atoms with van der Waals surface area (Å²) in [5.41, 5.74) is 28.7. The molecule has 0 amide bonds. The van der Waals surface area contributed by atoms with Gasteiger partial charge in [-0.05, 0) is 308 Å². The highest BCUT2D eigenvalue weighted by atomic mass is 127. The van der Waals surface area contributed by atoms with Crippen molar-refractivity contribution in [3.63, 3.8) is 0 Å². The number of anilines is 17. The molecule has 0 saturated heterocycles. The van der Waals surface area contributed by atoms with Gasteiger partial charge in [0.05, 0.1) is 0 Å². The predicted molar refractivity (Wildman–Crippen MR) is 465 cm³/mol. The first-order valence-corrected chi connectivity index (χ1v) is 37.3. The van der Waals surface area contributed by atoms with Crippen LogP contribution in [0.4, 0.5) is 96.7 Å². The van der Waals surface area contributed by atoms with Gasteiger partial charge in [-0.25, -0.2) is 0 Å². The topological polar surface area (TPSA) is 28.2 Å². The van der Waals surface area contributed by atoms with Gasteiger partial charge in [0.25, 0.3) is 0 Å². The Balaban J connectivity index is 0.000000189. The third-order valence-electron chi connectivity index (χ3n) is 18.6. The molecule has 0 radical (unpaired) electrons. The van der Waals surface area contributed by atoms with E-state index < -0.39 is 0 Å². The molecule has 0 aliphatic rings. The Hall–Kier alpha value is -13.0. The highest BCUT2D eigenvalue weighted by molar-refractivity contribution is 14.1. The predicted octanol–water partition coefficient (Wildman–Crippen LogP) is 29.3. The Kier molecular flexibility index (Phi) is 22.9. The maximum absolute atomic E-state index is 3.44. The lowest BCUT2D eigenvalue weighted by molar-refractivity contribution is 1.25. The van der Waals surface area contributed by atoms with Crippen LogP contribution in [0.5, 0.6) is 0 Å². The molecule has 520 valence electrons. The molecule has 107 heavy (non-hydrogen) atoms. The normalized spacial score (nSPS) is 10.7. The van der Waals surface area contributed by atoms with Crippen LogP contribution in [-0.4, -0.2) is 0 Å². The zero-order valence-corrected chi connectivity index (χ0v) is 62.7. The zero-order chi connectivity index (χ0) is 73.1. The number of nitrogens with zero attached hydrogens (tertiary/aromatic N) is 5. The van der Waals surface area contributed by atoms with Gasteiger partial charge in [0.2, 0.25) is 0 Å². The lowest BCUT2D eigenvalue weighted by Gasteiger charge is -2.29. The Bertz CT molecular complexity index is 5160.